The summed E-state index contributed by atoms with van der Waals surface area (Å²) in [4.78, 5) is 22.3. The maximum atomic E-state index is 12.7. The molecule has 0 bridgehead atoms. The van der Waals surface area contributed by atoms with E-state index < -0.39 is 30.0 Å². The third-order valence-corrected chi connectivity index (χ3v) is 5.06. The van der Waals surface area contributed by atoms with Crippen LogP contribution in [0.25, 0.3) is 0 Å². The van der Waals surface area contributed by atoms with Crippen molar-refractivity contribution in [1.29, 1.82) is 0 Å². The predicted octanol–water partition coefficient (Wildman–Crippen LogP) is 5.36. The van der Waals surface area contributed by atoms with Crippen LogP contribution >= 0.6 is 22.6 Å². The molecule has 7 heteroatoms. The van der Waals surface area contributed by atoms with Crippen molar-refractivity contribution in [2.45, 2.75) is 25.7 Å². The lowest BCUT2D eigenvalue weighted by Crippen LogP contribution is -2.40. The van der Waals surface area contributed by atoms with Crippen LogP contribution in [0.4, 0.5) is 4.39 Å². The van der Waals surface area contributed by atoms with Gasteiger partial charge in [-0.05, 0) is 76.7 Å². The van der Waals surface area contributed by atoms with Gasteiger partial charge >= 0.3 is 11.9 Å². The summed E-state index contributed by atoms with van der Waals surface area (Å²) in [6, 6.07) is 23.5. The van der Waals surface area contributed by atoms with Crippen LogP contribution < -0.4 is 4.74 Å². The summed E-state index contributed by atoms with van der Waals surface area (Å²) >= 11 is 2.28. The van der Waals surface area contributed by atoms with Crippen molar-refractivity contribution in [3.05, 3.63) is 99.4 Å². The molecule has 31 heavy (non-hydrogen) atoms. The molecular weight excluding hydrogens is 514 g/mol. The molecule has 1 saturated heterocycles. The van der Waals surface area contributed by atoms with Crippen LogP contribution in [0.3, 0.4) is 0 Å². The monoisotopic (exact) mass is 534 g/mol. The maximum absolute atomic E-state index is 12.7. The fraction of sp³-hybridized carbons (Fsp3) is 0.167. The minimum absolute atomic E-state index is 0.392. The molecule has 3 aromatic rings. The Hall–Kier alpha value is -2.94. The van der Waals surface area contributed by atoms with E-state index in [1.807, 2.05) is 42.5 Å². The summed E-state index contributed by atoms with van der Waals surface area (Å²) in [5.41, 5.74) is 1.60. The van der Waals surface area contributed by atoms with Crippen molar-refractivity contribution >= 4 is 34.5 Å². The molecule has 0 atom stereocenters. The zero-order chi connectivity index (χ0) is 22.3. The molecule has 0 radical (unpaired) electrons. The lowest BCUT2D eigenvalue weighted by atomic mass is 10.1. The average molecular weight is 534 g/mol. The first kappa shape index (κ1) is 22.7. The van der Waals surface area contributed by atoms with E-state index in [0.29, 0.717) is 12.2 Å². The van der Waals surface area contributed by atoms with Crippen molar-refractivity contribution < 1.29 is 28.2 Å². The maximum Gasteiger partial charge on any atom is 0.320 e. The van der Waals surface area contributed by atoms with Crippen LogP contribution in [0.2, 0.25) is 0 Å². The van der Waals surface area contributed by atoms with E-state index in [4.69, 9.17) is 14.2 Å². The first-order chi connectivity index (χ1) is 14.8. The standard InChI is InChI=1S/C13H11IO.C11H9FO4/c14-12-6-8-13(9-7-12)15-10-11-4-2-1-3-5-11;1-11(7-2-4-8(12)5-3-7)15-9(13)6-10(14)16-11/h1-9H,10H2;2-5H,6H2,1H3. The van der Waals surface area contributed by atoms with Gasteiger partial charge in [-0.3, -0.25) is 9.59 Å². The molecule has 1 aliphatic heterocycles. The lowest BCUT2D eigenvalue weighted by molar-refractivity contribution is -0.242. The van der Waals surface area contributed by atoms with E-state index >= 15 is 0 Å². The van der Waals surface area contributed by atoms with E-state index in [0.717, 1.165) is 5.75 Å². The fourth-order valence-corrected chi connectivity index (χ4v) is 3.15. The van der Waals surface area contributed by atoms with Crippen molar-refractivity contribution in [2.24, 2.45) is 0 Å². The molecule has 160 valence electrons. The number of halogens is 2. The summed E-state index contributed by atoms with van der Waals surface area (Å²) < 4.78 is 29.5. The minimum Gasteiger partial charge on any atom is -0.489 e. The molecule has 3 aromatic carbocycles. The summed E-state index contributed by atoms with van der Waals surface area (Å²) in [7, 11) is 0. The molecule has 0 unspecified atom stereocenters. The number of esters is 2. The number of rotatable bonds is 4. The third-order valence-electron chi connectivity index (χ3n) is 4.34. The summed E-state index contributed by atoms with van der Waals surface area (Å²) in [6.45, 7) is 2.07. The van der Waals surface area contributed by atoms with E-state index in [1.165, 1.54) is 40.3 Å². The number of ether oxygens (including phenoxy) is 3. The van der Waals surface area contributed by atoms with Gasteiger partial charge in [0.25, 0.3) is 5.79 Å². The predicted molar refractivity (Wildman–Crippen MR) is 120 cm³/mol. The Bertz CT molecular complexity index is 1000. The van der Waals surface area contributed by atoms with E-state index in [2.05, 4.69) is 34.7 Å². The Morgan fingerprint density at radius 1 is 0.903 bits per heavy atom. The van der Waals surface area contributed by atoms with E-state index in [1.54, 1.807) is 0 Å². The quantitative estimate of drug-likeness (QED) is 0.256. The Balaban J connectivity index is 0.000000176. The number of hydrogen-bond acceptors (Lipinski definition) is 5. The van der Waals surface area contributed by atoms with Gasteiger partial charge in [-0.2, -0.15) is 0 Å². The fourth-order valence-electron chi connectivity index (χ4n) is 2.79. The number of carbonyl (C=O) groups is 2. The number of hydrogen-bond donors (Lipinski definition) is 0. The van der Waals surface area contributed by atoms with Crippen LogP contribution in [0.1, 0.15) is 24.5 Å². The summed E-state index contributed by atoms with van der Waals surface area (Å²) in [6.07, 6.45) is -0.392. The number of carbonyl (C=O) groups excluding carboxylic acids is 2. The van der Waals surface area contributed by atoms with Crippen LogP contribution in [-0.4, -0.2) is 11.9 Å². The van der Waals surface area contributed by atoms with Crippen LogP contribution in [0.15, 0.2) is 78.9 Å². The lowest BCUT2D eigenvalue weighted by Gasteiger charge is -2.32. The molecule has 0 aliphatic carbocycles. The van der Waals surface area contributed by atoms with E-state index in [9.17, 15) is 14.0 Å². The molecule has 0 amide bonds. The van der Waals surface area contributed by atoms with Crippen molar-refractivity contribution in [3.63, 3.8) is 0 Å². The number of cyclic esters (lactones) is 2. The highest BCUT2D eigenvalue weighted by Gasteiger charge is 2.40. The van der Waals surface area contributed by atoms with Gasteiger partial charge in [0, 0.05) is 16.1 Å². The second-order valence-corrected chi connectivity index (χ2v) is 8.05. The first-order valence-corrected chi connectivity index (χ1v) is 10.5. The molecule has 1 aliphatic rings. The van der Waals surface area contributed by atoms with Gasteiger partial charge in [0.2, 0.25) is 0 Å². The summed E-state index contributed by atoms with van der Waals surface area (Å²) in [5, 5.41) is 0. The second-order valence-electron chi connectivity index (χ2n) is 6.81. The first-order valence-electron chi connectivity index (χ1n) is 9.46. The van der Waals surface area contributed by atoms with Crippen molar-refractivity contribution in [1.82, 2.24) is 0 Å². The normalized spacial score (nSPS) is 14.5. The van der Waals surface area contributed by atoms with Gasteiger partial charge < -0.3 is 14.2 Å². The minimum atomic E-state index is -1.46. The van der Waals surface area contributed by atoms with Crippen molar-refractivity contribution in [3.8, 4) is 5.75 Å². The second kappa shape index (κ2) is 10.4. The molecule has 0 aromatic heterocycles. The van der Waals surface area contributed by atoms with Gasteiger partial charge in [-0.15, -0.1) is 0 Å². The molecule has 1 fully saturated rings. The van der Waals surface area contributed by atoms with Gasteiger partial charge in [0.15, 0.2) is 0 Å². The van der Waals surface area contributed by atoms with Gasteiger partial charge in [0.05, 0.1) is 0 Å². The molecule has 0 saturated carbocycles. The van der Waals surface area contributed by atoms with Gasteiger partial charge in [-0.1, -0.05) is 30.3 Å². The molecular formula is C24H20FIO5. The zero-order valence-corrected chi connectivity index (χ0v) is 18.9. The Morgan fingerprint density at radius 3 is 2.06 bits per heavy atom. The van der Waals surface area contributed by atoms with Gasteiger partial charge in [-0.25, -0.2) is 4.39 Å². The van der Waals surface area contributed by atoms with Crippen molar-refractivity contribution in [2.75, 3.05) is 0 Å². The largest absolute Gasteiger partial charge is 0.489 e. The zero-order valence-electron chi connectivity index (χ0n) is 16.7. The average Bonchev–Trinajstić information content (AvgIpc) is 2.74. The SMILES string of the molecule is CC1(c2ccc(F)cc2)OC(=O)CC(=O)O1.Ic1ccc(OCc2ccccc2)cc1. The molecule has 4 rings (SSSR count). The molecule has 5 nitrogen and oxygen atoms in total. The highest BCUT2D eigenvalue weighted by Crippen LogP contribution is 2.31. The smallest absolute Gasteiger partial charge is 0.320 e. The Kier molecular flexibility index (Phi) is 7.62. The Labute approximate surface area is 193 Å². The highest BCUT2D eigenvalue weighted by molar-refractivity contribution is 14.1. The topological polar surface area (TPSA) is 61.8 Å². The molecule has 0 spiro atoms. The van der Waals surface area contributed by atoms with Gasteiger partial charge in [0.1, 0.15) is 24.6 Å². The number of benzene rings is 3. The molecule has 0 N–H and O–H groups in total. The molecule has 1 heterocycles. The highest BCUT2D eigenvalue weighted by atomic mass is 127. The summed E-state index contributed by atoms with van der Waals surface area (Å²) in [5.74, 6) is -2.26. The Morgan fingerprint density at radius 2 is 1.48 bits per heavy atom. The van der Waals surface area contributed by atoms with Crippen LogP contribution in [-0.2, 0) is 31.5 Å². The van der Waals surface area contributed by atoms with Crippen LogP contribution in [0, 0.1) is 9.39 Å². The van der Waals surface area contributed by atoms with Crippen LogP contribution in [0.5, 0.6) is 5.75 Å². The third kappa shape index (κ3) is 6.78. The van der Waals surface area contributed by atoms with E-state index in [-0.39, 0.29) is 0 Å².